The maximum absolute atomic E-state index is 12.0. The van der Waals surface area contributed by atoms with Crippen LogP contribution in [-0.4, -0.2) is 26.2 Å². The van der Waals surface area contributed by atoms with E-state index in [9.17, 15) is 13.5 Å². The van der Waals surface area contributed by atoms with Crippen LogP contribution in [0.25, 0.3) is 0 Å². The SMILES string of the molecule is Nc1csc(S(=O)(=O)NCC2CCCCC2O)c1. The summed E-state index contributed by atoms with van der Waals surface area (Å²) in [4.78, 5) is 0. The van der Waals surface area contributed by atoms with E-state index >= 15 is 0 Å². The zero-order valence-corrected chi connectivity index (χ0v) is 11.6. The van der Waals surface area contributed by atoms with E-state index in [0.29, 0.717) is 12.2 Å². The lowest BCUT2D eigenvalue weighted by Gasteiger charge is -2.27. The van der Waals surface area contributed by atoms with Gasteiger partial charge in [0.2, 0.25) is 10.0 Å². The van der Waals surface area contributed by atoms with Gasteiger partial charge >= 0.3 is 0 Å². The van der Waals surface area contributed by atoms with E-state index in [1.165, 1.54) is 6.07 Å². The van der Waals surface area contributed by atoms with Gasteiger partial charge in [-0.25, -0.2) is 13.1 Å². The fourth-order valence-electron chi connectivity index (χ4n) is 2.19. The van der Waals surface area contributed by atoms with Gasteiger partial charge in [0, 0.05) is 17.6 Å². The van der Waals surface area contributed by atoms with Crippen LogP contribution in [0.1, 0.15) is 25.7 Å². The highest BCUT2D eigenvalue weighted by atomic mass is 32.2. The summed E-state index contributed by atoms with van der Waals surface area (Å²) < 4.78 is 26.7. The Morgan fingerprint density at radius 2 is 2.17 bits per heavy atom. The van der Waals surface area contributed by atoms with Crippen molar-refractivity contribution in [3.05, 3.63) is 11.4 Å². The summed E-state index contributed by atoms with van der Waals surface area (Å²) in [5.74, 6) is 0.0193. The van der Waals surface area contributed by atoms with Gasteiger partial charge in [0.25, 0.3) is 0 Å². The Kier molecular flexibility index (Phi) is 4.26. The van der Waals surface area contributed by atoms with E-state index < -0.39 is 16.1 Å². The van der Waals surface area contributed by atoms with Crippen LogP contribution < -0.4 is 10.5 Å². The number of hydrogen-bond acceptors (Lipinski definition) is 5. The van der Waals surface area contributed by atoms with Crippen LogP contribution >= 0.6 is 11.3 Å². The predicted molar refractivity (Wildman–Crippen MR) is 71.9 cm³/mol. The molecule has 0 bridgehead atoms. The van der Waals surface area contributed by atoms with Crippen molar-refractivity contribution in [3.63, 3.8) is 0 Å². The molecule has 1 saturated carbocycles. The fraction of sp³-hybridized carbons (Fsp3) is 0.636. The highest BCUT2D eigenvalue weighted by Gasteiger charge is 2.25. The summed E-state index contributed by atoms with van der Waals surface area (Å²) in [6, 6.07) is 1.45. The maximum Gasteiger partial charge on any atom is 0.250 e. The summed E-state index contributed by atoms with van der Waals surface area (Å²) in [7, 11) is -3.48. The third-order valence-electron chi connectivity index (χ3n) is 3.27. The van der Waals surface area contributed by atoms with Crippen molar-refractivity contribution in [2.45, 2.75) is 36.0 Å². The van der Waals surface area contributed by atoms with Crippen molar-refractivity contribution in [1.82, 2.24) is 4.72 Å². The van der Waals surface area contributed by atoms with Crippen LogP contribution in [0.3, 0.4) is 0 Å². The molecule has 0 amide bonds. The van der Waals surface area contributed by atoms with E-state index in [4.69, 9.17) is 5.73 Å². The molecular weight excluding hydrogens is 272 g/mol. The lowest BCUT2D eigenvalue weighted by atomic mass is 9.87. The molecule has 1 aromatic heterocycles. The second-order valence-corrected chi connectivity index (χ2v) is 7.57. The van der Waals surface area contributed by atoms with Gasteiger partial charge in [0.15, 0.2) is 0 Å². The van der Waals surface area contributed by atoms with Crippen molar-refractivity contribution in [2.24, 2.45) is 5.92 Å². The quantitative estimate of drug-likeness (QED) is 0.776. The van der Waals surface area contributed by atoms with Crippen LogP contribution in [-0.2, 0) is 10.0 Å². The molecule has 18 heavy (non-hydrogen) atoms. The van der Waals surface area contributed by atoms with Gasteiger partial charge < -0.3 is 10.8 Å². The number of hydrogen-bond donors (Lipinski definition) is 3. The number of rotatable bonds is 4. The van der Waals surface area contributed by atoms with Gasteiger partial charge in [0.05, 0.1) is 6.10 Å². The van der Waals surface area contributed by atoms with Crippen LogP contribution in [0, 0.1) is 5.92 Å². The number of sulfonamides is 1. The molecule has 2 rings (SSSR count). The van der Waals surface area contributed by atoms with Crippen LogP contribution in [0.2, 0.25) is 0 Å². The number of nitrogen functional groups attached to an aromatic ring is 1. The van der Waals surface area contributed by atoms with E-state index in [2.05, 4.69) is 4.72 Å². The Hall–Kier alpha value is -0.630. The summed E-state index contributed by atoms with van der Waals surface area (Å²) in [5, 5.41) is 11.4. The first-order valence-electron chi connectivity index (χ1n) is 6.01. The molecule has 0 saturated heterocycles. The Morgan fingerprint density at radius 3 is 2.78 bits per heavy atom. The molecule has 7 heteroatoms. The number of nitrogens with one attached hydrogen (secondary N) is 1. The molecule has 0 aromatic carbocycles. The minimum Gasteiger partial charge on any atom is -0.398 e. The molecule has 1 fully saturated rings. The van der Waals surface area contributed by atoms with Gasteiger partial charge in [-0.3, -0.25) is 0 Å². The second-order valence-electron chi connectivity index (χ2n) is 4.66. The van der Waals surface area contributed by atoms with Crippen molar-refractivity contribution in [1.29, 1.82) is 0 Å². The average Bonchev–Trinajstić information content (AvgIpc) is 2.76. The van der Waals surface area contributed by atoms with Crippen molar-refractivity contribution < 1.29 is 13.5 Å². The molecule has 4 N–H and O–H groups in total. The van der Waals surface area contributed by atoms with Gasteiger partial charge in [-0.1, -0.05) is 12.8 Å². The molecular formula is C11H18N2O3S2. The molecule has 0 aliphatic heterocycles. The minimum atomic E-state index is -3.48. The number of aliphatic hydroxyl groups is 1. The normalized spacial score (nSPS) is 25.2. The van der Waals surface area contributed by atoms with Crippen LogP contribution in [0.15, 0.2) is 15.7 Å². The van der Waals surface area contributed by atoms with E-state index in [-0.39, 0.29) is 10.1 Å². The van der Waals surface area contributed by atoms with E-state index in [0.717, 1.165) is 37.0 Å². The Labute approximate surface area is 111 Å². The standard InChI is InChI=1S/C11H18N2O3S2/c12-9-5-11(17-7-9)18(15,16)13-6-8-3-1-2-4-10(8)14/h5,7-8,10,13-14H,1-4,6,12H2. The third-order valence-corrected chi connectivity index (χ3v) is 6.15. The smallest absolute Gasteiger partial charge is 0.250 e. The van der Waals surface area contributed by atoms with E-state index in [1.54, 1.807) is 5.38 Å². The van der Waals surface area contributed by atoms with Crippen molar-refractivity contribution in [2.75, 3.05) is 12.3 Å². The maximum atomic E-state index is 12.0. The first kappa shape index (κ1) is 13.8. The lowest BCUT2D eigenvalue weighted by molar-refractivity contribution is 0.0724. The number of thiophene rings is 1. The number of nitrogens with two attached hydrogens (primary N) is 1. The highest BCUT2D eigenvalue weighted by molar-refractivity contribution is 7.91. The molecule has 2 unspecified atom stereocenters. The minimum absolute atomic E-state index is 0.0193. The topological polar surface area (TPSA) is 92.4 Å². The lowest BCUT2D eigenvalue weighted by Crippen LogP contribution is -2.36. The molecule has 102 valence electrons. The number of aliphatic hydroxyl groups excluding tert-OH is 1. The van der Waals surface area contributed by atoms with Crippen molar-refractivity contribution in [3.8, 4) is 0 Å². The van der Waals surface area contributed by atoms with E-state index in [1.807, 2.05) is 0 Å². The Bertz CT molecular complexity index is 498. The summed E-state index contributed by atoms with van der Waals surface area (Å²) in [5.41, 5.74) is 5.97. The fourth-order valence-corrected chi connectivity index (χ4v) is 4.40. The molecule has 1 heterocycles. The Balaban J connectivity index is 1.96. The van der Waals surface area contributed by atoms with Crippen LogP contribution in [0.5, 0.6) is 0 Å². The number of anilines is 1. The molecule has 0 radical (unpaired) electrons. The van der Waals surface area contributed by atoms with Crippen molar-refractivity contribution >= 4 is 27.0 Å². The molecule has 1 aromatic rings. The molecule has 1 aliphatic rings. The molecule has 0 spiro atoms. The first-order chi connectivity index (χ1) is 8.49. The monoisotopic (exact) mass is 290 g/mol. The van der Waals surface area contributed by atoms with Crippen LogP contribution in [0.4, 0.5) is 5.69 Å². The third kappa shape index (κ3) is 3.23. The summed E-state index contributed by atoms with van der Waals surface area (Å²) in [6.07, 6.45) is 3.31. The Morgan fingerprint density at radius 1 is 1.44 bits per heavy atom. The zero-order chi connectivity index (χ0) is 13.2. The van der Waals surface area contributed by atoms with Gasteiger partial charge in [-0.05, 0) is 24.8 Å². The molecule has 5 nitrogen and oxygen atoms in total. The second kappa shape index (κ2) is 5.56. The largest absolute Gasteiger partial charge is 0.398 e. The molecule has 1 aliphatic carbocycles. The van der Waals surface area contributed by atoms with Gasteiger partial charge in [0.1, 0.15) is 4.21 Å². The summed E-state index contributed by atoms with van der Waals surface area (Å²) in [6.45, 7) is 0.293. The molecule has 2 atom stereocenters. The highest BCUT2D eigenvalue weighted by Crippen LogP contribution is 2.25. The predicted octanol–water partition coefficient (Wildman–Crippen LogP) is 1.16. The average molecular weight is 290 g/mol. The van der Waals surface area contributed by atoms with Gasteiger partial charge in [-0.2, -0.15) is 0 Å². The van der Waals surface area contributed by atoms with Gasteiger partial charge in [-0.15, -0.1) is 11.3 Å². The summed E-state index contributed by atoms with van der Waals surface area (Å²) >= 11 is 1.11. The first-order valence-corrected chi connectivity index (χ1v) is 8.37. The zero-order valence-electron chi connectivity index (χ0n) is 10.0.